The van der Waals surface area contributed by atoms with Crippen molar-refractivity contribution < 1.29 is 42.3 Å². The molecular weight excluding hydrogens is 661 g/mol. The minimum absolute atomic E-state index is 0.0236. The number of hydrogen-bond donors (Lipinski definition) is 4. The van der Waals surface area contributed by atoms with E-state index in [2.05, 4.69) is 15.5 Å². The molecule has 2 aliphatic heterocycles. The highest BCUT2D eigenvalue weighted by atomic mass is 31.2. The minimum Gasteiger partial charge on any atom is -0.347 e. The molecule has 0 radical (unpaired) electrons. The van der Waals surface area contributed by atoms with E-state index >= 15 is 0 Å². The highest BCUT2D eigenvalue weighted by molar-refractivity contribution is 7.52. The molecule has 6 rings (SSSR count). The van der Waals surface area contributed by atoms with Crippen LogP contribution in [0.3, 0.4) is 0 Å². The molecule has 0 saturated carbocycles. The smallest absolute Gasteiger partial charge is 0.347 e. The molecule has 3 aromatic carbocycles. The summed E-state index contributed by atoms with van der Waals surface area (Å²) in [6.45, 7) is 1.87. The SMILES string of the molecule is Cc1ccc2[nH]nc(C(=O)N3CC[C@H]4CC[C@@H](C(=O)N(C)C)N4C(=O)C(NC(=O)c4ccc5ccc(C(F)(F)P(=O)(O)O)cc5c4)C3)c2c1. The first-order chi connectivity index (χ1) is 23.1. The predicted molar refractivity (Wildman–Crippen MR) is 175 cm³/mol. The summed E-state index contributed by atoms with van der Waals surface area (Å²) in [6.07, 6.45) is 1.34. The Hall–Kier alpha value is -4.72. The van der Waals surface area contributed by atoms with E-state index in [0.29, 0.717) is 35.6 Å². The van der Waals surface area contributed by atoms with Crippen LogP contribution in [0.15, 0.2) is 54.6 Å². The van der Waals surface area contributed by atoms with Crippen molar-refractivity contribution in [2.24, 2.45) is 0 Å². The number of likely N-dealkylation sites (N-methyl/N-ethyl adjacent to an activating group) is 1. The van der Waals surface area contributed by atoms with Crippen LogP contribution in [0.25, 0.3) is 21.7 Å². The number of nitrogens with one attached hydrogen (secondary N) is 2. The Kier molecular flexibility index (Phi) is 8.80. The summed E-state index contributed by atoms with van der Waals surface area (Å²) in [7, 11) is -2.64. The van der Waals surface area contributed by atoms with Crippen LogP contribution in [0.2, 0.25) is 0 Å². The van der Waals surface area contributed by atoms with Gasteiger partial charge >= 0.3 is 13.3 Å². The van der Waals surface area contributed by atoms with Crippen LogP contribution >= 0.6 is 7.60 Å². The number of aromatic nitrogens is 2. The van der Waals surface area contributed by atoms with Crippen molar-refractivity contribution in [1.82, 2.24) is 30.2 Å². The number of carbonyl (C=O) groups excluding carboxylic acids is 4. The summed E-state index contributed by atoms with van der Waals surface area (Å²) in [5.74, 6) is -2.00. The maximum absolute atomic E-state index is 14.5. The number of benzene rings is 3. The molecule has 49 heavy (non-hydrogen) atoms. The Balaban J connectivity index is 1.34. The van der Waals surface area contributed by atoms with Crippen molar-refractivity contribution in [3.8, 4) is 0 Å². The number of H-pyrrole nitrogens is 1. The number of carbonyl (C=O) groups is 4. The fraction of sp³-hybridized carbons (Fsp3) is 0.364. The van der Waals surface area contributed by atoms with Crippen LogP contribution in [0, 0.1) is 6.92 Å². The van der Waals surface area contributed by atoms with E-state index in [1.54, 1.807) is 14.1 Å². The van der Waals surface area contributed by atoms with Crippen LogP contribution in [0.1, 0.15) is 51.2 Å². The molecule has 16 heteroatoms. The highest BCUT2D eigenvalue weighted by Crippen LogP contribution is 2.59. The Labute approximate surface area is 279 Å². The Bertz CT molecular complexity index is 2050. The van der Waals surface area contributed by atoms with E-state index in [-0.39, 0.29) is 41.7 Å². The van der Waals surface area contributed by atoms with Gasteiger partial charge in [0.25, 0.3) is 11.8 Å². The summed E-state index contributed by atoms with van der Waals surface area (Å²) >= 11 is 0. The predicted octanol–water partition coefficient (Wildman–Crippen LogP) is 3.34. The monoisotopic (exact) mass is 696 g/mol. The third kappa shape index (κ3) is 6.29. The Morgan fingerprint density at radius 2 is 1.76 bits per heavy atom. The van der Waals surface area contributed by atoms with Crippen molar-refractivity contribution in [3.63, 3.8) is 0 Å². The highest BCUT2D eigenvalue weighted by Gasteiger charge is 2.50. The molecule has 3 heterocycles. The van der Waals surface area contributed by atoms with E-state index < -0.39 is 48.6 Å². The maximum Gasteiger partial charge on any atom is 0.399 e. The molecule has 2 saturated heterocycles. The zero-order chi connectivity index (χ0) is 35.4. The summed E-state index contributed by atoms with van der Waals surface area (Å²) in [6, 6.07) is 10.3. The van der Waals surface area contributed by atoms with E-state index in [1.165, 1.54) is 39.0 Å². The van der Waals surface area contributed by atoms with Crippen LogP contribution in [0.4, 0.5) is 8.78 Å². The normalized spacial score (nSPS) is 20.2. The van der Waals surface area contributed by atoms with Gasteiger partial charge in [-0.1, -0.05) is 29.8 Å². The molecule has 0 aliphatic carbocycles. The molecule has 4 N–H and O–H groups in total. The Morgan fingerprint density at radius 1 is 1.02 bits per heavy atom. The van der Waals surface area contributed by atoms with Gasteiger partial charge < -0.3 is 29.8 Å². The number of fused-ring (bicyclic) bond motifs is 3. The lowest BCUT2D eigenvalue weighted by Crippen LogP contribution is -2.61. The summed E-state index contributed by atoms with van der Waals surface area (Å²) in [5, 5.41) is 11.0. The average Bonchev–Trinajstić information content (AvgIpc) is 3.67. The van der Waals surface area contributed by atoms with Gasteiger partial charge in [-0.25, -0.2) is 0 Å². The number of hydrogen-bond acceptors (Lipinski definition) is 6. The van der Waals surface area contributed by atoms with Crippen molar-refractivity contribution in [1.29, 1.82) is 0 Å². The quantitative estimate of drug-likeness (QED) is 0.222. The minimum atomic E-state index is -5.84. The lowest BCUT2D eigenvalue weighted by atomic mass is 10.0. The lowest BCUT2D eigenvalue weighted by molar-refractivity contribution is -0.146. The summed E-state index contributed by atoms with van der Waals surface area (Å²) in [4.78, 5) is 77.9. The zero-order valence-corrected chi connectivity index (χ0v) is 27.8. The van der Waals surface area contributed by atoms with Crippen molar-refractivity contribution in [3.05, 3.63) is 77.0 Å². The maximum atomic E-state index is 14.5. The first kappa shape index (κ1) is 34.2. The molecule has 4 amide bonds. The third-order valence-corrected chi connectivity index (χ3v) is 10.2. The molecule has 4 aromatic rings. The second-order valence-electron chi connectivity index (χ2n) is 12.8. The second-order valence-corrected chi connectivity index (χ2v) is 14.4. The number of halogens is 2. The first-order valence-corrected chi connectivity index (χ1v) is 17.2. The van der Waals surface area contributed by atoms with Crippen molar-refractivity contribution in [2.45, 2.75) is 50.0 Å². The molecule has 1 aromatic heterocycles. The molecule has 258 valence electrons. The van der Waals surface area contributed by atoms with Crippen LogP contribution < -0.4 is 5.32 Å². The van der Waals surface area contributed by atoms with E-state index in [0.717, 1.165) is 17.7 Å². The molecule has 2 fully saturated rings. The largest absolute Gasteiger partial charge is 0.399 e. The number of alkyl halides is 2. The van der Waals surface area contributed by atoms with Gasteiger partial charge in [-0.3, -0.25) is 28.8 Å². The molecule has 3 atom stereocenters. The average molecular weight is 697 g/mol. The van der Waals surface area contributed by atoms with E-state index in [4.69, 9.17) is 0 Å². The van der Waals surface area contributed by atoms with Gasteiger partial charge in [0.05, 0.1) is 12.1 Å². The van der Waals surface area contributed by atoms with Crippen molar-refractivity contribution >= 4 is 52.9 Å². The molecule has 0 bridgehead atoms. The van der Waals surface area contributed by atoms with Crippen LogP contribution in [-0.4, -0.2) is 104 Å². The van der Waals surface area contributed by atoms with Gasteiger partial charge in [-0.05, 0) is 67.3 Å². The number of rotatable bonds is 6. The summed E-state index contributed by atoms with van der Waals surface area (Å²) < 4.78 is 40.4. The fourth-order valence-electron chi connectivity index (χ4n) is 6.63. The van der Waals surface area contributed by atoms with Gasteiger partial charge in [0, 0.05) is 43.2 Å². The van der Waals surface area contributed by atoms with Gasteiger partial charge in [0.2, 0.25) is 11.8 Å². The van der Waals surface area contributed by atoms with Crippen molar-refractivity contribution in [2.75, 3.05) is 27.2 Å². The molecule has 2 aliphatic rings. The molecule has 13 nitrogen and oxygen atoms in total. The number of amides is 4. The van der Waals surface area contributed by atoms with Gasteiger partial charge in [-0.2, -0.15) is 13.9 Å². The van der Waals surface area contributed by atoms with Crippen LogP contribution in [-0.2, 0) is 19.8 Å². The van der Waals surface area contributed by atoms with E-state index in [1.807, 2.05) is 25.1 Å². The number of nitrogens with zero attached hydrogens (tertiary/aromatic N) is 4. The second kappa shape index (κ2) is 12.6. The van der Waals surface area contributed by atoms with Gasteiger partial charge in [0.1, 0.15) is 12.1 Å². The molecule has 1 unspecified atom stereocenters. The topological polar surface area (TPSA) is 176 Å². The molecular formula is C33H35F2N6O7P. The van der Waals surface area contributed by atoms with Gasteiger partial charge in [-0.15, -0.1) is 0 Å². The molecule has 0 spiro atoms. The fourth-order valence-corrected chi connectivity index (χ4v) is 7.11. The lowest BCUT2D eigenvalue weighted by Gasteiger charge is -2.39. The summed E-state index contributed by atoms with van der Waals surface area (Å²) in [5.41, 5.74) is -3.66. The van der Waals surface area contributed by atoms with E-state index in [9.17, 15) is 42.3 Å². The third-order valence-electron chi connectivity index (χ3n) is 9.25. The standard InChI is InChI=1S/C33H35F2N6O7P/c1-18-4-10-25-24(14-18)28(38-37-25)32(45)40-13-12-23-9-11-27(31(44)39(2)3)41(23)30(43)26(17-40)36-29(42)20-6-5-19-7-8-22(16-21(19)15-20)33(34,35)49(46,47)48/h4-8,10,14-16,23,26-27H,9,11-13,17H2,1-3H3,(H,36,42)(H,37,38)(H2,46,47,48)/t23-,26?,27+/m1/s1. The Morgan fingerprint density at radius 3 is 2.47 bits per heavy atom. The first-order valence-electron chi connectivity index (χ1n) is 15.6. The zero-order valence-electron chi connectivity index (χ0n) is 26.9. The van der Waals surface area contributed by atoms with Gasteiger partial charge in [0.15, 0.2) is 5.69 Å². The number of aryl methyl sites for hydroxylation is 1. The van der Waals surface area contributed by atoms with Crippen LogP contribution in [0.5, 0.6) is 0 Å². The number of aromatic amines is 1.